The zero-order chi connectivity index (χ0) is 14.3. The Morgan fingerprint density at radius 1 is 0.800 bits per heavy atom. The third kappa shape index (κ3) is 1.66. The fraction of sp³-hybridized carbons (Fsp3) is 0.263. The van der Waals surface area contributed by atoms with E-state index in [0.29, 0.717) is 0 Å². The molecule has 1 aliphatic rings. The van der Waals surface area contributed by atoms with Gasteiger partial charge in [0.05, 0.1) is 0 Å². The molecule has 0 fully saturated rings. The van der Waals surface area contributed by atoms with Gasteiger partial charge >= 0.3 is 0 Å². The molecule has 3 aromatic rings. The predicted octanol–water partition coefficient (Wildman–Crippen LogP) is 6.23. The van der Waals surface area contributed by atoms with Crippen molar-refractivity contribution < 1.29 is 0 Å². The van der Waals surface area contributed by atoms with Crippen molar-refractivity contribution >= 4 is 21.4 Å². The molecule has 0 nitrogen and oxygen atoms in total. The minimum Gasteiger partial charge on any atom is -0.143 e. The normalized spacial score (nSPS) is 14.4. The molecule has 0 amide bonds. The van der Waals surface area contributed by atoms with Gasteiger partial charge in [0.25, 0.3) is 0 Å². The molecule has 0 unspecified atom stereocenters. The standard InChI is InChI=1S/C17H14S.C2H6/c1-17(2)13-7-4-3-6-11(13)12-10-18-15-9-5-8-14(17)16(12)15;1-2/h3-10H,1-2H3;1-2H3. The quantitative estimate of drug-likeness (QED) is 0.457. The van der Waals surface area contributed by atoms with E-state index in [0.717, 1.165) is 0 Å². The van der Waals surface area contributed by atoms with Crippen LogP contribution in [-0.2, 0) is 5.41 Å². The molecule has 4 rings (SSSR count). The van der Waals surface area contributed by atoms with Gasteiger partial charge in [-0.15, -0.1) is 11.3 Å². The van der Waals surface area contributed by atoms with E-state index in [1.165, 1.54) is 32.3 Å². The van der Waals surface area contributed by atoms with Crippen LogP contribution in [-0.4, -0.2) is 0 Å². The lowest BCUT2D eigenvalue weighted by Crippen LogP contribution is -2.22. The number of hydrogen-bond acceptors (Lipinski definition) is 1. The Morgan fingerprint density at radius 2 is 1.50 bits per heavy atom. The molecule has 102 valence electrons. The highest BCUT2D eigenvalue weighted by molar-refractivity contribution is 7.17. The summed E-state index contributed by atoms with van der Waals surface area (Å²) >= 11 is 1.86. The second-order valence-electron chi connectivity index (χ2n) is 5.50. The van der Waals surface area contributed by atoms with Gasteiger partial charge in [0.2, 0.25) is 0 Å². The average molecular weight is 280 g/mol. The second-order valence-corrected chi connectivity index (χ2v) is 6.41. The molecule has 1 aromatic heterocycles. The van der Waals surface area contributed by atoms with Crippen LogP contribution in [0.15, 0.2) is 47.8 Å². The molecule has 2 aromatic carbocycles. The van der Waals surface area contributed by atoms with Crippen molar-refractivity contribution in [3.05, 3.63) is 59.0 Å². The summed E-state index contributed by atoms with van der Waals surface area (Å²) in [6.07, 6.45) is 0. The zero-order valence-corrected chi connectivity index (χ0v) is 13.3. The van der Waals surface area contributed by atoms with Gasteiger partial charge < -0.3 is 0 Å². The van der Waals surface area contributed by atoms with Crippen molar-refractivity contribution in [3.8, 4) is 11.1 Å². The van der Waals surface area contributed by atoms with Gasteiger partial charge in [-0.05, 0) is 28.1 Å². The van der Waals surface area contributed by atoms with Gasteiger partial charge in [-0.3, -0.25) is 0 Å². The first-order valence-electron chi connectivity index (χ1n) is 7.30. The van der Waals surface area contributed by atoms with Gasteiger partial charge in [-0.2, -0.15) is 0 Å². The van der Waals surface area contributed by atoms with Crippen LogP contribution in [0.25, 0.3) is 21.2 Å². The van der Waals surface area contributed by atoms with Crippen molar-refractivity contribution in [2.75, 3.05) is 0 Å². The van der Waals surface area contributed by atoms with Gasteiger partial charge in [-0.1, -0.05) is 64.1 Å². The minimum absolute atomic E-state index is 0.101. The molecule has 1 aliphatic carbocycles. The van der Waals surface area contributed by atoms with E-state index in [4.69, 9.17) is 0 Å². The van der Waals surface area contributed by atoms with E-state index in [1.54, 1.807) is 0 Å². The Morgan fingerprint density at radius 3 is 2.30 bits per heavy atom. The molecule has 0 N–H and O–H groups in total. The molecule has 0 saturated carbocycles. The Bertz CT molecular complexity index is 762. The van der Waals surface area contributed by atoms with Gasteiger partial charge in [-0.25, -0.2) is 0 Å². The Balaban J connectivity index is 0.000000581. The van der Waals surface area contributed by atoms with Crippen molar-refractivity contribution in [1.29, 1.82) is 0 Å². The van der Waals surface area contributed by atoms with E-state index < -0.39 is 0 Å². The first-order valence-corrected chi connectivity index (χ1v) is 8.18. The van der Waals surface area contributed by atoms with Gasteiger partial charge in [0.15, 0.2) is 0 Å². The molecule has 20 heavy (non-hydrogen) atoms. The van der Waals surface area contributed by atoms with Crippen LogP contribution in [0.2, 0.25) is 0 Å². The minimum atomic E-state index is 0.101. The monoisotopic (exact) mass is 280 g/mol. The van der Waals surface area contributed by atoms with Crippen molar-refractivity contribution in [2.24, 2.45) is 0 Å². The number of fused-ring (bicyclic) bond motifs is 2. The van der Waals surface area contributed by atoms with Crippen molar-refractivity contribution in [1.82, 2.24) is 0 Å². The first-order chi connectivity index (χ1) is 9.69. The van der Waals surface area contributed by atoms with Crippen LogP contribution in [0.3, 0.4) is 0 Å². The summed E-state index contributed by atoms with van der Waals surface area (Å²) in [5.41, 5.74) is 5.84. The molecule has 1 heterocycles. The highest BCUT2D eigenvalue weighted by Crippen LogP contribution is 2.50. The smallest absolute Gasteiger partial charge is 0.0352 e. The summed E-state index contributed by atoms with van der Waals surface area (Å²) < 4.78 is 1.41. The zero-order valence-electron chi connectivity index (χ0n) is 12.5. The van der Waals surface area contributed by atoms with Crippen LogP contribution in [0.4, 0.5) is 0 Å². The lowest BCUT2D eigenvalue weighted by atomic mass is 9.70. The first kappa shape index (κ1) is 13.4. The molecule has 0 saturated heterocycles. The number of rotatable bonds is 0. The highest BCUT2D eigenvalue weighted by Gasteiger charge is 2.33. The van der Waals surface area contributed by atoms with E-state index in [2.05, 4.69) is 61.7 Å². The van der Waals surface area contributed by atoms with Crippen LogP contribution >= 0.6 is 11.3 Å². The average Bonchev–Trinajstić information content (AvgIpc) is 2.92. The molecular formula is C19H20S. The van der Waals surface area contributed by atoms with E-state index in [1.807, 2.05) is 25.2 Å². The summed E-state index contributed by atoms with van der Waals surface area (Å²) in [5.74, 6) is 0. The Hall–Kier alpha value is -1.60. The fourth-order valence-electron chi connectivity index (χ4n) is 3.22. The van der Waals surface area contributed by atoms with Gasteiger partial charge in [0, 0.05) is 21.1 Å². The van der Waals surface area contributed by atoms with Crippen molar-refractivity contribution in [3.63, 3.8) is 0 Å². The number of hydrogen-bond donors (Lipinski definition) is 0. The maximum atomic E-state index is 2.33. The van der Waals surface area contributed by atoms with Gasteiger partial charge in [0.1, 0.15) is 0 Å². The topological polar surface area (TPSA) is 0 Å². The lowest BCUT2D eigenvalue weighted by Gasteiger charge is -2.33. The fourth-order valence-corrected chi connectivity index (χ4v) is 4.20. The molecular weight excluding hydrogens is 260 g/mol. The predicted molar refractivity (Wildman–Crippen MR) is 90.7 cm³/mol. The molecule has 0 spiro atoms. The summed E-state index contributed by atoms with van der Waals surface area (Å²) in [6, 6.07) is 15.5. The second kappa shape index (κ2) is 4.75. The third-order valence-corrected chi connectivity index (χ3v) is 5.11. The van der Waals surface area contributed by atoms with Crippen LogP contribution in [0.5, 0.6) is 0 Å². The molecule has 1 heteroatoms. The number of benzene rings is 2. The summed E-state index contributed by atoms with van der Waals surface area (Å²) in [6.45, 7) is 8.67. The lowest BCUT2D eigenvalue weighted by molar-refractivity contribution is 0.645. The molecule has 0 radical (unpaired) electrons. The maximum Gasteiger partial charge on any atom is 0.0352 e. The summed E-state index contributed by atoms with van der Waals surface area (Å²) in [5, 5.41) is 3.77. The van der Waals surface area contributed by atoms with Crippen LogP contribution in [0, 0.1) is 0 Å². The Kier molecular flexibility index (Phi) is 3.18. The third-order valence-electron chi connectivity index (χ3n) is 4.16. The van der Waals surface area contributed by atoms with E-state index in [-0.39, 0.29) is 5.41 Å². The van der Waals surface area contributed by atoms with E-state index in [9.17, 15) is 0 Å². The number of thiophene rings is 1. The van der Waals surface area contributed by atoms with Crippen molar-refractivity contribution in [2.45, 2.75) is 33.1 Å². The maximum absolute atomic E-state index is 2.33. The largest absolute Gasteiger partial charge is 0.143 e. The Labute approximate surface area is 125 Å². The SMILES string of the molecule is CC.CC1(C)c2ccccc2-c2csc3cccc1c23. The highest BCUT2D eigenvalue weighted by atomic mass is 32.1. The van der Waals surface area contributed by atoms with E-state index >= 15 is 0 Å². The molecule has 0 atom stereocenters. The molecule has 0 aliphatic heterocycles. The van der Waals surface area contributed by atoms with Crippen LogP contribution in [0.1, 0.15) is 38.8 Å². The summed E-state index contributed by atoms with van der Waals surface area (Å²) in [7, 11) is 0. The van der Waals surface area contributed by atoms with Crippen LogP contribution < -0.4 is 0 Å². The summed E-state index contributed by atoms with van der Waals surface area (Å²) in [4.78, 5) is 0. The molecule has 0 bridgehead atoms.